The van der Waals surface area contributed by atoms with E-state index in [-0.39, 0.29) is 17.8 Å². The van der Waals surface area contributed by atoms with Gasteiger partial charge in [-0.05, 0) is 24.6 Å². The van der Waals surface area contributed by atoms with Crippen LogP contribution in [0.3, 0.4) is 0 Å². The zero-order valence-electron chi connectivity index (χ0n) is 16.9. The zero-order chi connectivity index (χ0) is 21.2. The lowest BCUT2D eigenvalue weighted by Crippen LogP contribution is -2.53. The fraction of sp³-hybridized carbons (Fsp3) is 0.474. The molecule has 1 fully saturated rings. The summed E-state index contributed by atoms with van der Waals surface area (Å²) < 4.78 is 23.7. The minimum absolute atomic E-state index is 0.141. The molecule has 0 saturated carbocycles. The molecule has 2 rings (SSSR count). The number of carbonyl (C=O) groups excluding carboxylic acids is 2. The van der Waals surface area contributed by atoms with Gasteiger partial charge in [0.2, 0.25) is 12.8 Å². The number of urea groups is 1. The smallest absolute Gasteiger partial charge is 0.324 e. The Hall–Kier alpha value is -2.69. The highest BCUT2D eigenvalue weighted by atomic mass is 19.1. The number of rotatable bonds is 11. The summed E-state index contributed by atoms with van der Waals surface area (Å²) in [6.45, 7) is 3.55. The Morgan fingerprint density at radius 1 is 1.41 bits per heavy atom. The van der Waals surface area contributed by atoms with E-state index in [4.69, 9.17) is 9.47 Å². The summed E-state index contributed by atoms with van der Waals surface area (Å²) in [6, 6.07) is 6.32. The number of ether oxygens (including phenoxy) is 2. The maximum atomic E-state index is 13.4. The van der Waals surface area contributed by atoms with E-state index in [1.807, 2.05) is 6.07 Å². The number of hydrogen-bond acceptors (Lipinski definition) is 6. The molecule has 1 aliphatic rings. The number of halogens is 1. The average molecular weight is 409 g/mol. The number of methoxy groups -OCH3 is 1. The molecule has 1 aliphatic heterocycles. The van der Waals surface area contributed by atoms with Crippen molar-refractivity contribution in [2.24, 2.45) is 0 Å². The van der Waals surface area contributed by atoms with Crippen LogP contribution in [0.5, 0.6) is 0 Å². The average Bonchev–Trinajstić information content (AvgIpc) is 2.67. The molecule has 1 heterocycles. The van der Waals surface area contributed by atoms with Crippen molar-refractivity contribution in [2.75, 3.05) is 40.5 Å². The van der Waals surface area contributed by atoms with Crippen LogP contribution in [0.4, 0.5) is 9.18 Å². The molecule has 1 aromatic carbocycles. The maximum Gasteiger partial charge on any atom is 0.324 e. The number of amides is 3. The molecular weight excluding hydrogens is 381 g/mol. The second kappa shape index (κ2) is 11.3. The molecule has 29 heavy (non-hydrogen) atoms. The molecule has 9 nitrogen and oxygen atoms in total. The normalized spacial score (nSPS) is 15.4. The molecule has 0 bridgehead atoms. The van der Waals surface area contributed by atoms with Gasteiger partial charge in [0.1, 0.15) is 5.82 Å². The Labute approximate surface area is 169 Å². The highest BCUT2D eigenvalue weighted by Crippen LogP contribution is 2.28. The van der Waals surface area contributed by atoms with Gasteiger partial charge >= 0.3 is 6.03 Å². The number of likely N-dealkylation sites (tertiary alicyclic amines) is 1. The molecule has 1 saturated heterocycles. The third-order valence-corrected chi connectivity index (χ3v) is 4.58. The first-order chi connectivity index (χ1) is 14.0. The van der Waals surface area contributed by atoms with Gasteiger partial charge in [0.05, 0.1) is 13.2 Å². The van der Waals surface area contributed by atoms with Gasteiger partial charge in [0.25, 0.3) is 0 Å². The Bertz CT molecular complexity index is 712. The topological polar surface area (TPSA) is 95.2 Å². The summed E-state index contributed by atoms with van der Waals surface area (Å²) >= 11 is 0. The van der Waals surface area contributed by atoms with Crippen LogP contribution < -0.4 is 16.2 Å². The summed E-state index contributed by atoms with van der Waals surface area (Å²) in [5.41, 5.74) is 6.49. The molecule has 0 aromatic heterocycles. The third kappa shape index (κ3) is 6.70. The number of hydrazine groups is 1. The first kappa shape index (κ1) is 22.6. The van der Waals surface area contributed by atoms with Crippen molar-refractivity contribution in [1.29, 1.82) is 0 Å². The molecule has 1 unspecified atom stereocenters. The predicted molar refractivity (Wildman–Crippen MR) is 105 cm³/mol. The Kier molecular flexibility index (Phi) is 8.84. The van der Waals surface area contributed by atoms with Crippen molar-refractivity contribution in [3.63, 3.8) is 0 Å². The lowest BCUT2D eigenvalue weighted by Gasteiger charge is -2.41. The molecular formula is C19H28FN5O4. The summed E-state index contributed by atoms with van der Waals surface area (Å²) in [5, 5.41) is 2.94. The highest BCUT2D eigenvalue weighted by molar-refractivity contribution is 5.77. The fourth-order valence-electron chi connectivity index (χ4n) is 2.75. The van der Waals surface area contributed by atoms with Crippen molar-refractivity contribution >= 4 is 12.4 Å². The Morgan fingerprint density at radius 2 is 2.17 bits per heavy atom. The minimum Gasteiger partial charge on any atom is -0.382 e. The lowest BCUT2D eigenvalue weighted by molar-refractivity contribution is -0.112. The van der Waals surface area contributed by atoms with Gasteiger partial charge < -0.3 is 24.6 Å². The van der Waals surface area contributed by atoms with E-state index >= 15 is 0 Å². The molecule has 0 spiro atoms. The molecule has 10 heteroatoms. The maximum absolute atomic E-state index is 13.4. The summed E-state index contributed by atoms with van der Waals surface area (Å²) in [7, 11) is 3.23. The van der Waals surface area contributed by atoms with Crippen LogP contribution in [0, 0.1) is 5.82 Å². The second-order valence-corrected chi connectivity index (χ2v) is 6.60. The van der Waals surface area contributed by atoms with E-state index in [2.05, 4.69) is 16.2 Å². The summed E-state index contributed by atoms with van der Waals surface area (Å²) in [4.78, 5) is 26.3. The molecule has 0 aliphatic carbocycles. The molecule has 3 N–H and O–H groups in total. The number of carbonyl (C=O) groups is 2. The number of benzene rings is 1. The minimum atomic E-state index is -0.699. The molecule has 1 aromatic rings. The summed E-state index contributed by atoms with van der Waals surface area (Å²) in [6.07, 6.45) is 1.40. The van der Waals surface area contributed by atoms with Crippen LogP contribution in [0.2, 0.25) is 0 Å². The Balaban J connectivity index is 1.85. The van der Waals surface area contributed by atoms with Crippen molar-refractivity contribution < 1.29 is 23.5 Å². The van der Waals surface area contributed by atoms with E-state index in [1.165, 1.54) is 17.0 Å². The number of nitrogens with zero attached hydrogens (tertiary/aromatic N) is 2. The van der Waals surface area contributed by atoms with Gasteiger partial charge in [-0.1, -0.05) is 12.1 Å². The van der Waals surface area contributed by atoms with Gasteiger partial charge in [0.15, 0.2) is 0 Å². The van der Waals surface area contributed by atoms with Crippen molar-refractivity contribution in [2.45, 2.75) is 19.2 Å². The van der Waals surface area contributed by atoms with Crippen molar-refractivity contribution in [1.82, 2.24) is 26.0 Å². The van der Waals surface area contributed by atoms with Crippen LogP contribution >= 0.6 is 0 Å². The number of allylic oxidation sites excluding steroid dienone is 1. The number of nitrogens with one attached hydrogen (secondary N) is 3. The molecule has 1 atom stereocenters. The quantitative estimate of drug-likeness (QED) is 0.218. The SMILES string of the molecule is COCCOC(N/C=C(\C)N(C)C(=O)N1CC(c2cccc(F)c2)C1)NNC=O. The lowest BCUT2D eigenvalue weighted by atomic mass is 9.92. The van der Waals surface area contributed by atoms with E-state index in [0.29, 0.717) is 38.4 Å². The van der Waals surface area contributed by atoms with E-state index in [0.717, 1.165) is 5.56 Å². The number of hydrogen-bond donors (Lipinski definition) is 3. The summed E-state index contributed by atoms with van der Waals surface area (Å²) in [5.74, 6) is -0.128. The van der Waals surface area contributed by atoms with Crippen LogP contribution in [-0.2, 0) is 14.3 Å². The Morgan fingerprint density at radius 3 is 2.83 bits per heavy atom. The first-order valence-electron chi connectivity index (χ1n) is 9.22. The predicted octanol–water partition coefficient (Wildman–Crippen LogP) is 0.925. The van der Waals surface area contributed by atoms with Crippen LogP contribution in [0.15, 0.2) is 36.2 Å². The van der Waals surface area contributed by atoms with Crippen LogP contribution in [0.25, 0.3) is 0 Å². The zero-order valence-corrected chi connectivity index (χ0v) is 16.9. The van der Waals surface area contributed by atoms with Gasteiger partial charge in [-0.2, -0.15) is 5.43 Å². The van der Waals surface area contributed by atoms with E-state index in [1.54, 1.807) is 38.2 Å². The second-order valence-electron chi connectivity index (χ2n) is 6.60. The molecule has 160 valence electrons. The van der Waals surface area contributed by atoms with Gasteiger partial charge in [-0.3, -0.25) is 10.2 Å². The van der Waals surface area contributed by atoms with Gasteiger partial charge in [0, 0.05) is 45.1 Å². The van der Waals surface area contributed by atoms with Gasteiger partial charge in [-0.15, -0.1) is 0 Å². The highest BCUT2D eigenvalue weighted by Gasteiger charge is 2.33. The van der Waals surface area contributed by atoms with Crippen LogP contribution in [-0.4, -0.2) is 69.1 Å². The van der Waals surface area contributed by atoms with E-state index in [9.17, 15) is 14.0 Å². The first-order valence-corrected chi connectivity index (χ1v) is 9.22. The fourth-order valence-corrected chi connectivity index (χ4v) is 2.75. The van der Waals surface area contributed by atoms with Crippen molar-refractivity contribution in [3.05, 3.63) is 47.5 Å². The molecule has 3 amide bonds. The van der Waals surface area contributed by atoms with Crippen molar-refractivity contribution in [3.8, 4) is 0 Å². The van der Waals surface area contributed by atoms with Crippen LogP contribution in [0.1, 0.15) is 18.4 Å². The molecule has 0 radical (unpaired) electrons. The van der Waals surface area contributed by atoms with Gasteiger partial charge in [-0.25, -0.2) is 9.18 Å². The monoisotopic (exact) mass is 409 g/mol. The van der Waals surface area contributed by atoms with E-state index < -0.39 is 6.35 Å². The third-order valence-electron chi connectivity index (χ3n) is 4.58. The largest absolute Gasteiger partial charge is 0.382 e. The standard InChI is InChI=1S/C19H28FN5O4/c1-14(10-21-18(23-22-13-26)29-8-7-28-3)24(2)19(27)25-11-16(12-25)15-5-4-6-17(20)9-15/h4-6,9-10,13,16,18,21,23H,7-8,11-12H2,1-3H3,(H,22,26)/b14-10+.